The summed E-state index contributed by atoms with van der Waals surface area (Å²) in [6.45, 7) is 3.35. The quantitative estimate of drug-likeness (QED) is 0.778. The lowest BCUT2D eigenvalue weighted by Gasteiger charge is -2.17. The van der Waals surface area contributed by atoms with Crippen LogP contribution in [0, 0.1) is 5.82 Å². The molecule has 0 radical (unpaired) electrons. The van der Waals surface area contributed by atoms with Gasteiger partial charge < -0.3 is 10.1 Å². The van der Waals surface area contributed by atoms with E-state index in [2.05, 4.69) is 12.2 Å². The van der Waals surface area contributed by atoms with Crippen LogP contribution in [0.4, 0.5) is 4.39 Å². The van der Waals surface area contributed by atoms with Crippen LogP contribution < -0.4 is 5.32 Å². The molecular formula is C12H17ClFNO. The molecule has 0 amide bonds. The average Bonchev–Trinajstić information content (AvgIpc) is 2.29. The van der Waals surface area contributed by atoms with E-state index in [1.54, 1.807) is 12.1 Å². The molecule has 1 aromatic rings. The van der Waals surface area contributed by atoms with E-state index in [0.29, 0.717) is 6.61 Å². The van der Waals surface area contributed by atoms with Crippen molar-refractivity contribution in [3.05, 3.63) is 34.6 Å². The van der Waals surface area contributed by atoms with Crippen molar-refractivity contribution in [2.75, 3.05) is 20.3 Å². The van der Waals surface area contributed by atoms with Crippen LogP contribution in [0.15, 0.2) is 18.2 Å². The van der Waals surface area contributed by atoms with Gasteiger partial charge in [-0.3, -0.25) is 0 Å². The number of halogens is 2. The van der Waals surface area contributed by atoms with E-state index in [-0.39, 0.29) is 11.1 Å². The maximum Gasteiger partial charge on any atom is 0.141 e. The summed E-state index contributed by atoms with van der Waals surface area (Å²) in [5.74, 6) is -0.394. The lowest BCUT2D eigenvalue weighted by Crippen LogP contribution is -2.22. The van der Waals surface area contributed by atoms with E-state index < -0.39 is 5.82 Å². The second-order valence-corrected chi connectivity index (χ2v) is 4.00. The molecule has 1 atom stereocenters. The molecule has 0 aliphatic carbocycles. The Kier molecular flexibility index (Phi) is 5.74. The first-order valence-electron chi connectivity index (χ1n) is 5.39. The summed E-state index contributed by atoms with van der Waals surface area (Å²) in [7, 11) is 1.84. The standard InChI is InChI=1S/C12H17ClFNO/c1-3-6-16-8-12(15-2)9-4-5-11(14)10(13)7-9/h4-5,7,12,15H,3,6,8H2,1-2H3. The second-order valence-electron chi connectivity index (χ2n) is 3.59. The molecule has 1 aromatic carbocycles. The maximum absolute atomic E-state index is 13.0. The third kappa shape index (κ3) is 3.74. The van der Waals surface area contributed by atoms with Gasteiger partial charge in [-0.15, -0.1) is 0 Å². The summed E-state index contributed by atoms with van der Waals surface area (Å²) in [6.07, 6.45) is 0.987. The molecular weight excluding hydrogens is 229 g/mol. The smallest absolute Gasteiger partial charge is 0.141 e. The maximum atomic E-state index is 13.0. The third-order valence-corrected chi connectivity index (χ3v) is 2.62. The Morgan fingerprint density at radius 2 is 2.25 bits per heavy atom. The number of rotatable bonds is 6. The highest BCUT2D eigenvalue weighted by Crippen LogP contribution is 2.21. The molecule has 1 N–H and O–H groups in total. The summed E-state index contributed by atoms with van der Waals surface area (Å²) in [6, 6.07) is 4.78. The van der Waals surface area contributed by atoms with Gasteiger partial charge in [-0.1, -0.05) is 24.6 Å². The van der Waals surface area contributed by atoms with Crippen molar-refractivity contribution < 1.29 is 9.13 Å². The molecule has 16 heavy (non-hydrogen) atoms. The number of benzene rings is 1. The zero-order chi connectivity index (χ0) is 12.0. The predicted octanol–water partition coefficient (Wildman–Crippen LogP) is 3.17. The van der Waals surface area contributed by atoms with Gasteiger partial charge >= 0.3 is 0 Å². The van der Waals surface area contributed by atoms with Gasteiger partial charge in [0.1, 0.15) is 5.82 Å². The molecule has 0 saturated heterocycles. The van der Waals surface area contributed by atoms with E-state index in [1.165, 1.54) is 6.07 Å². The van der Waals surface area contributed by atoms with E-state index in [4.69, 9.17) is 16.3 Å². The minimum absolute atomic E-state index is 0.0460. The van der Waals surface area contributed by atoms with Crippen LogP contribution in [0.1, 0.15) is 24.9 Å². The third-order valence-electron chi connectivity index (χ3n) is 2.33. The molecule has 0 spiro atoms. The Balaban J connectivity index is 2.67. The Morgan fingerprint density at radius 3 is 2.81 bits per heavy atom. The van der Waals surface area contributed by atoms with Gasteiger partial charge in [0.25, 0.3) is 0 Å². The largest absolute Gasteiger partial charge is 0.379 e. The summed E-state index contributed by atoms with van der Waals surface area (Å²) in [5.41, 5.74) is 0.935. The van der Waals surface area contributed by atoms with Crippen molar-refractivity contribution in [3.63, 3.8) is 0 Å². The van der Waals surface area contributed by atoms with Crippen LogP contribution in [0.25, 0.3) is 0 Å². The topological polar surface area (TPSA) is 21.3 Å². The van der Waals surface area contributed by atoms with Gasteiger partial charge in [0, 0.05) is 6.61 Å². The fourth-order valence-corrected chi connectivity index (χ4v) is 1.61. The molecule has 0 heterocycles. The summed E-state index contributed by atoms with van der Waals surface area (Å²) in [5, 5.41) is 3.26. The normalized spacial score (nSPS) is 12.8. The zero-order valence-corrected chi connectivity index (χ0v) is 10.4. The van der Waals surface area contributed by atoms with E-state index in [9.17, 15) is 4.39 Å². The lowest BCUT2D eigenvalue weighted by molar-refractivity contribution is 0.114. The monoisotopic (exact) mass is 245 g/mol. The summed E-state index contributed by atoms with van der Waals surface area (Å²) >= 11 is 5.73. The van der Waals surface area contributed by atoms with Gasteiger partial charge in [-0.25, -0.2) is 4.39 Å². The Labute approximate surface area is 101 Å². The number of hydrogen-bond acceptors (Lipinski definition) is 2. The number of likely N-dealkylation sites (N-methyl/N-ethyl adjacent to an activating group) is 1. The Hall–Kier alpha value is -0.640. The Morgan fingerprint density at radius 1 is 1.50 bits per heavy atom. The minimum atomic E-state index is -0.394. The van der Waals surface area contributed by atoms with E-state index in [0.717, 1.165) is 18.6 Å². The molecule has 2 nitrogen and oxygen atoms in total. The number of hydrogen-bond donors (Lipinski definition) is 1. The molecule has 0 aromatic heterocycles. The predicted molar refractivity (Wildman–Crippen MR) is 64.3 cm³/mol. The minimum Gasteiger partial charge on any atom is -0.379 e. The van der Waals surface area contributed by atoms with Crippen molar-refractivity contribution in [2.45, 2.75) is 19.4 Å². The van der Waals surface area contributed by atoms with Crippen molar-refractivity contribution in [2.24, 2.45) is 0 Å². The first-order valence-corrected chi connectivity index (χ1v) is 5.76. The van der Waals surface area contributed by atoms with Crippen LogP contribution in [0.2, 0.25) is 5.02 Å². The Bertz CT molecular complexity index is 333. The molecule has 1 rings (SSSR count). The van der Waals surface area contributed by atoms with Crippen LogP contribution in [-0.4, -0.2) is 20.3 Å². The molecule has 0 saturated carbocycles. The van der Waals surface area contributed by atoms with Crippen LogP contribution in [0.3, 0.4) is 0 Å². The van der Waals surface area contributed by atoms with E-state index in [1.807, 2.05) is 7.05 Å². The molecule has 0 bridgehead atoms. The van der Waals surface area contributed by atoms with Gasteiger partial charge in [-0.2, -0.15) is 0 Å². The average molecular weight is 246 g/mol. The van der Waals surface area contributed by atoms with Crippen LogP contribution in [0.5, 0.6) is 0 Å². The van der Waals surface area contributed by atoms with Gasteiger partial charge in [0.05, 0.1) is 17.7 Å². The lowest BCUT2D eigenvalue weighted by atomic mass is 10.1. The molecule has 0 aliphatic rings. The second kappa shape index (κ2) is 6.84. The number of ether oxygens (including phenoxy) is 1. The van der Waals surface area contributed by atoms with Crippen molar-refractivity contribution >= 4 is 11.6 Å². The molecule has 0 fully saturated rings. The summed E-state index contributed by atoms with van der Waals surface area (Å²) in [4.78, 5) is 0. The fraction of sp³-hybridized carbons (Fsp3) is 0.500. The van der Waals surface area contributed by atoms with Crippen LogP contribution in [-0.2, 0) is 4.74 Å². The van der Waals surface area contributed by atoms with Gasteiger partial charge in [0.2, 0.25) is 0 Å². The molecule has 0 aliphatic heterocycles. The fourth-order valence-electron chi connectivity index (χ4n) is 1.42. The van der Waals surface area contributed by atoms with Crippen molar-refractivity contribution in [3.8, 4) is 0 Å². The SMILES string of the molecule is CCCOCC(NC)c1ccc(F)c(Cl)c1. The highest BCUT2D eigenvalue weighted by Gasteiger charge is 2.11. The van der Waals surface area contributed by atoms with Crippen LogP contribution >= 0.6 is 11.6 Å². The molecule has 1 unspecified atom stereocenters. The van der Waals surface area contributed by atoms with Gasteiger partial charge in [0.15, 0.2) is 0 Å². The number of nitrogens with one attached hydrogen (secondary N) is 1. The first-order chi connectivity index (χ1) is 7.69. The molecule has 90 valence electrons. The van der Waals surface area contributed by atoms with Gasteiger partial charge in [-0.05, 0) is 31.2 Å². The highest BCUT2D eigenvalue weighted by atomic mass is 35.5. The molecule has 4 heteroatoms. The van der Waals surface area contributed by atoms with Crippen molar-refractivity contribution in [1.29, 1.82) is 0 Å². The first kappa shape index (κ1) is 13.4. The summed E-state index contributed by atoms with van der Waals surface area (Å²) < 4.78 is 18.5. The zero-order valence-electron chi connectivity index (χ0n) is 9.59. The highest BCUT2D eigenvalue weighted by molar-refractivity contribution is 6.30. The van der Waals surface area contributed by atoms with Crippen molar-refractivity contribution in [1.82, 2.24) is 5.32 Å². The van der Waals surface area contributed by atoms with E-state index >= 15 is 0 Å².